The smallest absolute Gasteiger partial charge is 0.345 e. The number of ether oxygens (including phenoxy) is 2. The summed E-state index contributed by atoms with van der Waals surface area (Å²) < 4.78 is 10.0. The van der Waals surface area contributed by atoms with Gasteiger partial charge in [-0.25, -0.2) is 9.59 Å². The van der Waals surface area contributed by atoms with E-state index in [-0.39, 0.29) is 17.6 Å². The number of carbonyl (C=O) groups excluding carboxylic acids is 2. The molecule has 0 radical (unpaired) electrons. The van der Waals surface area contributed by atoms with E-state index < -0.39 is 11.9 Å². The van der Waals surface area contributed by atoms with Crippen molar-refractivity contribution in [3.8, 4) is 0 Å². The second-order valence-corrected chi connectivity index (χ2v) is 6.41. The van der Waals surface area contributed by atoms with Crippen molar-refractivity contribution in [3.05, 3.63) is 36.4 Å². The van der Waals surface area contributed by atoms with Crippen LogP contribution in [0.5, 0.6) is 0 Å². The van der Waals surface area contributed by atoms with Gasteiger partial charge in [-0.1, -0.05) is 30.5 Å². The van der Waals surface area contributed by atoms with E-state index in [0.717, 1.165) is 4.90 Å². The van der Waals surface area contributed by atoms with Crippen LogP contribution in [0.1, 0.15) is 6.92 Å². The average Bonchev–Trinajstić information content (AvgIpc) is 2.44. The molecule has 20 heavy (non-hydrogen) atoms. The molecule has 1 aromatic carbocycles. The number of rotatable bonds is 4. The Labute approximate surface area is 125 Å². The van der Waals surface area contributed by atoms with Crippen molar-refractivity contribution in [2.24, 2.45) is 0 Å². The first-order valence-electron chi connectivity index (χ1n) is 5.97. The molecule has 0 saturated heterocycles. The highest BCUT2D eigenvalue weighted by Gasteiger charge is 2.23. The quantitative estimate of drug-likeness (QED) is 0.629. The summed E-state index contributed by atoms with van der Waals surface area (Å²) >= 11 is 3.15. The molecule has 106 valence electrons. The summed E-state index contributed by atoms with van der Waals surface area (Å²) in [5, 5.41) is 0. The number of fused-ring (bicyclic) bond motifs is 1. The van der Waals surface area contributed by atoms with E-state index in [4.69, 9.17) is 9.47 Å². The van der Waals surface area contributed by atoms with Crippen LogP contribution in [-0.2, 0) is 19.1 Å². The SMILES string of the molecule is C=C(C)C(=O)OCC(=O)OC1CSc2ccccc2S1. The van der Waals surface area contributed by atoms with Crippen molar-refractivity contribution < 1.29 is 19.1 Å². The monoisotopic (exact) mass is 310 g/mol. The minimum Gasteiger partial charge on any atom is -0.450 e. The fraction of sp³-hybridized carbons (Fsp3) is 0.286. The van der Waals surface area contributed by atoms with Gasteiger partial charge in [0, 0.05) is 21.1 Å². The van der Waals surface area contributed by atoms with E-state index in [9.17, 15) is 9.59 Å². The van der Waals surface area contributed by atoms with Gasteiger partial charge < -0.3 is 9.47 Å². The maximum Gasteiger partial charge on any atom is 0.345 e. The molecule has 0 bridgehead atoms. The third kappa shape index (κ3) is 4.05. The van der Waals surface area contributed by atoms with Crippen LogP contribution in [0.4, 0.5) is 0 Å². The van der Waals surface area contributed by atoms with Crippen LogP contribution in [-0.4, -0.2) is 29.7 Å². The predicted molar refractivity (Wildman–Crippen MR) is 78.7 cm³/mol. The van der Waals surface area contributed by atoms with Crippen LogP contribution in [0.15, 0.2) is 46.2 Å². The van der Waals surface area contributed by atoms with E-state index in [1.54, 1.807) is 11.8 Å². The number of benzene rings is 1. The van der Waals surface area contributed by atoms with Gasteiger partial charge in [0.25, 0.3) is 0 Å². The van der Waals surface area contributed by atoms with Gasteiger partial charge in [0.15, 0.2) is 12.0 Å². The van der Waals surface area contributed by atoms with Crippen molar-refractivity contribution in [1.29, 1.82) is 0 Å². The molecule has 0 saturated carbocycles. The summed E-state index contributed by atoms with van der Waals surface area (Å²) in [6, 6.07) is 7.97. The van der Waals surface area contributed by atoms with Gasteiger partial charge >= 0.3 is 11.9 Å². The van der Waals surface area contributed by atoms with Crippen LogP contribution in [0.2, 0.25) is 0 Å². The Bertz CT molecular complexity index is 542. The molecule has 4 nitrogen and oxygen atoms in total. The first-order chi connectivity index (χ1) is 9.56. The van der Waals surface area contributed by atoms with Crippen LogP contribution < -0.4 is 0 Å². The molecule has 6 heteroatoms. The van der Waals surface area contributed by atoms with E-state index in [1.165, 1.54) is 23.6 Å². The van der Waals surface area contributed by atoms with Crippen molar-refractivity contribution >= 4 is 35.5 Å². The second-order valence-electron chi connectivity index (χ2n) is 4.15. The number of thioether (sulfide) groups is 2. The lowest BCUT2D eigenvalue weighted by atomic mass is 10.4. The van der Waals surface area contributed by atoms with Gasteiger partial charge in [-0.2, -0.15) is 0 Å². The summed E-state index contributed by atoms with van der Waals surface area (Å²) in [4.78, 5) is 25.1. The third-order valence-corrected chi connectivity index (χ3v) is 5.03. The number of hydrogen-bond acceptors (Lipinski definition) is 6. The average molecular weight is 310 g/mol. The molecule has 0 aromatic heterocycles. The predicted octanol–water partition coefficient (Wildman–Crippen LogP) is 2.87. The Balaban J connectivity index is 1.82. The molecular weight excluding hydrogens is 296 g/mol. The number of carbonyl (C=O) groups is 2. The Kier molecular flexibility index (Phi) is 5.14. The molecule has 0 spiro atoms. The molecule has 1 heterocycles. The molecular formula is C14H14O4S2. The van der Waals surface area contributed by atoms with E-state index in [0.29, 0.717) is 5.75 Å². The van der Waals surface area contributed by atoms with Crippen molar-refractivity contribution in [2.75, 3.05) is 12.4 Å². The molecule has 0 aliphatic carbocycles. The Morgan fingerprint density at radius 1 is 1.35 bits per heavy atom. The molecule has 0 fully saturated rings. The summed E-state index contributed by atoms with van der Waals surface area (Å²) in [7, 11) is 0. The normalized spacial score (nSPS) is 16.9. The molecule has 1 aromatic rings. The van der Waals surface area contributed by atoms with Gasteiger partial charge in [-0.05, 0) is 19.1 Å². The lowest BCUT2D eigenvalue weighted by Crippen LogP contribution is -2.24. The van der Waals surface area contributed by atoms with Gasteiger partial charge in [0.1, 0.15) is 0 Å². The highest BCUT2D eigenvalue weighted by atomic mass is 32.2. The Hall–Kier alpha value is -1.40. The topological polar surface area (TPSA) is 52.6 Å². The minimum atomic E-state index is -0.585. The summed E-state index contributed by atoms with van der Waals surface area (Å²) in [5.74, 6) is -0.447. The van der Waals surface area contributed by atoms with E-state index in [2.05, 4.69) is 6.58 Å². The van der Waals surface area contributed by atoms with Gasteiger partial charge in [0.2, 0.25) is 0 Å². The van der Waals surface area contributed by atoms with Crippen molar-refractivity contribution in [3.63, 3.8) is 0 Å². The standard InChI is InChI=1S/C14H14O4S2/c1-9(2)14(16)17-7-12(15)18-13-8-19-10-5-3-4-6-11(10)20-13/h3-6,13H,1,7-8H2,2H3. The largest absolute Gasteiger partial charge is 0.450 e. The fourth-order valence-corrected chi connectivity index (χ4v) is 3.83. The van der Waals surface area contributed by atoms with E-state index in [1.807, 2.05) is 24.3 Å². The summed E-state index contributed by atoms with van der Waals surface area (Å²) in [5.41, 5.74) is 0.000236. The maximum absolute atomic E-state index is 11.6. The molecule has 0 N–H and O–H groups in total. The molecule has 1 unspecified atom stereocenters. The molecule has 0 amide bonds. The summed E-state index contributed by atoms with van der Waals surface area (Å²) in [6.07, 6.45) is 0. The Morgan fingerprint density at radius 2 is 2.05 bits per heavy atom. The number of esters is 2. The third-order valence-electron chi connectivity index (χ3n) is 2.41. The van der Waals surface area contributed by atoms with Crippen LogP contribution in [0, 0.1) is 0 Å². The first-order valence-corrected chi connectivity index (χ1v) is 7.83. The van der Waals surface area contributed by atoms with Gasteiger partial charge in [-0.15, -0.1) is 11.8 Å². The molecule has 1 atom stereocenters. The first kappa shape index (κ1) is 15.0. The zero-order chi connectivity index (χ0) is 14.5. The molecule has 1 aliphatic heterocycles. The van der Waals surface area contributed by atoms with Crippen molar-refractivity contribution in [2.45, 2.75) is 22.2 Å². The van der Waals surface area contributed by atoms with Crippen LogP contribution in [0.25, 0.3) is 0 Å². The summed E-state index contributed by atoms with van der Waals surface area (Å²) in [6.45, 7) is 4.59. The van der Waals surface area contributed by atoms with Crippen LogP contribution >= 0.6 is 23.5 Å². The van der Waals surface area contributed by atoms with Crippen LogP contribution in [0.3, 0.4) is 0 Å². The lowest BCUT2D eigenvalue weighted by molar-refractivity contribution is -0.157. The van der Waals surface area contributed by atoms with E-state index >= 15 is 0 Å². The number of hydrogen-bond donors (Lipinski definition) is 0. The zero-order valence-corrected chi connectivity index (χ0v) is 12.6. The molecule has 1 aliphatic rings. The van der Waals surface area contributed by atoms with Crippen molar-refractivity contribution in [1.82, 2.24) is 0 Å². The zero-order valence-electron chi connectivity index (χ0n) is 11.0. The maximum atomic E-state index is 11.6. The fourth-order valence-electron chi connectivity index (χ4n) is 1.49. The highest BCUT2D eigenvalue weighted by Crippen LogP contribution is 2.40. The Morgan fingerprint density at radius 3 is 2.75 bits per heavy atom. The highest BCUT2D eigenvalue weighted by molar-refractivity contribution is 8.06. The van der Waals surface area contributed by atoms with Gasteiger partial charge in [0.05, 0.1) is 0 Å². The van der Waals surface area contributed by atoms with Gasteiger partial charge in [-0.3, -0.25) is 0 Å². The second kappa shape index (κ2) is 6.85. The lowest BCUT2D eigenvalue weighted by Gasteiger charge is -2.23. The molecule has 2 rings (SSSR count). The minimum absolute atomic E-state index is 0.258.